The topological polar surface area (TPSA) is 101 Å². The molecule has 0 aromatic heterocycles. The van der Waals surface area contributed by atoms with Crippen LogP contribution < -0.4 is 16.4 Å². The number of hydrogen-bond donors (Lipinski definition) is 3. The third-order valence-corrected chi connectivity index (χ3v) is 4.26. The molecule has 2 rings (SSSR count). The first-order valence-corrected chi connectivity index (χ1v) is 8.92. The summed E-state index contributed by atoms with van der Waals surface area (Å²) in [6, 6.07) is 11.5. The number of benzene rings is 2. The third kappa shape index (κ3) is 6.19. The highest BCUT2D eigenvalue weighted by atomic mass is 19.1. The van der Waals surface area contributed by atoms with Crippen LogP contribution >= 0.6 is 0 Å². The van der Waals surface area contributed by atoms with E-state index in [1.54, 1.807) is 6.07 Å². The fourth-order valence-electron chi connectivity index (χ4n) is 2.91. The number of rotatable bonds is 8. The van der Waals surface area contributed by atoms with Crippen molar-refractivity contribution in [2.24, 2.45) is 5.73 Å². The Bertz CT molecular complexity index is 869. The van der Waals surface area contributed by atoms with E-state index >= 15 is 0 Å². The molecule has 28 heavy (non-hydrogen) atoms. The first-order chi connectivity index (χ1) is 13.3. The molecule has 0 aliphatic rings. The Labute approximate surface area is 163 Å². The Morgan fingerprint density at radius 3 is 2.32 bits per heavy atom. The number of carbonyl (C=O) groups is 3. The van der Waals surface area contributed by atoms with Gasteiger partial charge in [0.1, 0.15) is 17.9 Å². The van der Waals surface area contributed by atoms with Crippen molar-refractivity contribution in [2.45, 2.75) is 38.8 Å². The fourth-order valence-corrected chi connectivity index (χ4v) is 2.91. The van der Waals surface area contributed by atoms with Crippen LogP contribution in [0.3, 0.4) is 0 Å². The van der Waals surface area contributed by atoms with E-state index in [0.29, 0.717) is 0 Å². The molecule has 7 heteroatoms. The third-order valence-electron chi connectivity index (χ3n) is 4.26. The van der Waals surface area contributed by atoms with Crippen LogP contribution in [0, 0.1) is 12.7 Å². The molecule has 0 fully saturated rings. The molecule has 148 valence electrons. The van der Waals surface area contributed by atoms with Crippen LogP contribution in [0.4, 0.5) is 4.39 Å². The number of nitrogens with two attached hydrogens (primary N) is 1. The number of nitrogens with one attached hydrogen (secondary N) is 2. The van der Waals surface area contributed by atoms with Crippen molar-refractivity contribution in [1.82, 2.24) is 10.6 Å². The summed E-state index contributed by atoms with van der Waals surface area (Å²) < 4.78 is 13.9. The lowest BCUT2D eigenvalue weighted by molar-refractivity contribution is -0.130. The molecule has 2 aromatic rings. The van der Waals surface area contributed by atoms with Gasteiger partial charge in [-0.15, -0.1) is 0 Å². The van der Waals surface area contributed by atoms with Crippen molar-refractivity contribution >= 4 is 17.7 Å². The van der Waals surface area contributed by atoms with Gasteiger partial charge in [0.2, 0.25) is 17.7 Å². The Kier molecular flexibility index (Phi) is 7.26. The first kappa shape index (κ1) is 21.1. The maximum absolute atomic E-state index is 13.9. The molecule has 0 radical (unpaired) electrons. The molecule has 0 saturated heterocycles. The van der Waals surface area contributed by atoms with Crippen LogP contribution in [0.15, 0.2) is 48.5 Å². The molecule has 0 bridgehead atoms. The van der Waals surface area contributed by atoms with Gasteiger partial charge in [-0.05, 0) is 24.1 Å². The Hall–Kier alpha value is -3.22. The van der Waals surface area contributed by atoms with Crippen LogP contribution in [0.1, 0.15) is 23.6 Å². The van der Waals surface area contributed by atoms with Gasteiger partial charge in [-0.25, -0.2) is 4.39 Å². The van der Waals surface area contributed by atoms with Crippen LogP contribution in [-0.4, -0.2) is 29.8 Å². The van der Waals surface area contributed by atoms with Gasteiger partial charge in [-0.2, -0.15) is 0 Å². The molecular formula is C21H24FN3O3. The van der Waals surface area contributed by atoms with E-state index in [1.165, 1.54) is 25.1 Å². The minimum absolute atomic E-state index is 0.0476. The Balaban J connectivity index is 2.15. The second-order valence-electron chi connectivity index (χ2n) is 6.71. The van der Waals surface area contributed by atoms with E-state index in [2.05, 4.69) is 10.6 Å². The number of aryl methyl sites for hydroxylation is 1. The molecule has 0 heterocycles. The van der Waals surface area contributed by atoms with Crippen LogP contribution in [0.2, 0.25) is 0 Å². The summed E-state index contributed by atoms with van der Waals surface area (Å²) in [6.45, 7) is 3.18. The van der Waals surface area contributed by atoms with Gasteiger partial charge >= 0.3 is 0 Å². The summed E-state index contributed by atoms with van der Waals surface area (Å²) >= 11 is 0. The minimum atomic E-state index is -1.03. The van der Waals surface area contributed by atoms with E-state index in [0.717, 1.165) is 11.1 Å². The van der Waals surface area contributed by atoms with Gasteiger partial charge in [0.05, 0.1) is 0 Å². The van der Waals surface area contributed by atoms with Crippen molar-refractivity contribution in [3.63, 3.8) is 0 Å². The highest BCUT2D eigenvalue weighted by Crippen LogP contribution is 2.11. The first-order valence-electron chi connectivity index (χ1n) is 8.92. The largest absolute Gasteiger partial charge is 0.368 e. The van der Waals surface area contributed by atoms with Gasteiger partial charge in [0.15, 0.2) is 0 Å². The highest BCUT2D eigenvalue weighted by molar-refractivity contribution is 5.91. The Morgan fingerprint density at radius 2 is 1.71 bits per heavy atom. The van der Waals surface area contributed by atoms with Gasteiger partial charge in [-0.3, -0.25) is 14.4 Å². The van der Waals surface area contributed by atoms with Gasteiger partial charge < -0.3 is 16.4 Å². The summed E-state index contributed by atoms with van der Waals surface area (Å²) in [6.07, 6.45) is 0.170. The van der Waals surface area contributed by atoms with Crippen LogP contribution in [-0.2, 0) is 27.2 Å². The minimum Gasteiger partial charge on any atom is -0.368 e. The molecule has 0 spiro atoms. The van der Waals surface area contributed by atoms with Gasteiger partial charge in [0, 0.05) is 19.8 Å². The van der Waals surface area contributed by atoms with Crippen LogP contribution in [0.25, 0.3) is 0 Å². The number of hydrogen-bond acceptors (Lipinski definition) is 3. The SMILES string of the molecule is CC(=O)N[C@H](Cc1ccccc1F)C(=O)N[C@@H](Cc1cccc(C)c1)C(N)=O. The van der Waals surface area contributed by atoms with Crippen molar-refractivity contribution in [1.29, 1.82) is 0 Å². The zero-order valence-electron chi connectivity index (χ0n) is 15.9. The van der Waals surface area contributed by atoms with Gasteiger partial charge in [-0.1, -0.05) is 48.0 Å². The van der Waals surface area contributed by atoms with Crippen LogP contribution in [0.5, 0.6) is 0 Å². The number of halogens is 1. The zero-order chi connectivity index (χ0) is 20.7. The number of primary amides is 1. The molecule has 0 unspecified atom stereocenters. The van der Waals surface area contributed by atoms with E-state index in [1.807, 2.05) is 31.2 Å². The fraction of sp³-hybridized carbons (Fsp3) is 0.286. The summed E-state index contributed by atoms with van der Waals surface area (Å²) in [4.78, 5) is 36.1. The second-order valence-corrected chi connectivity index (χ2v) is 6.71. The average molecular weight is 385 g/mol. The van der Waals surface area contributed by atoms with E-state index in [4.69, 9.17) is 5.73 Å². The summed E-state index contributed by atoms with van der Waals surface area (Å²) in [5.41, 5.74) is 7.59. The lowest BCUT2D eigenvalue weighted by atomic mass is 10.0. The molecule has 4 N–H and O–H groups in total. The molecular weight excluding hydrogens is 361 g/mol. The predicted molar refractivity (Wildman–Crippen MR) is 104 cm³/mol. The smallest absolute Gasteiger partial charge is 0.243 e. The number of carbonyl (C=O) groups excluding carboxylic acids is 3. The predicted octanol–water partition coefficient (Wildman–Crippen LogP) is 1.39. The molecule has 0 saturated carbocycles. The average Bonchev–Trinajstić information content (AvgIpc) is 2.62. The molecule has 6 nitrogen and oxygen atoms in total. The molecule has 3 amide bonds. The second kappa shape index (κ2) is 9.64. The molecule has 0 aliphatic carbocycles. The van der Waals surface area contributed by atoms with Crippen molar-refractivity contribution in [3.8, 4) is 0 Å². The monoisotopic (exact) mass is 385 g/mol. The van der Waals surface area contributed by atoms with Crippen molar-refractivity contribution in [3.05, 3.63) is 71.0 Å². The molecule has 0 aliphatic heterocycles. The highest BCUT2D eigenvalue weighted by Gasteiger charge is 2.26. The quantitative estimate of drug-likeness (QED) is 0.640. The van der Waals surface area contributed by atoms with E-state index in [9.17, 15) is 18.8 Å². The maximum Gasteiger partial charge on any atom is 0.243 e. The molecule has 2 aromatic carbocycles. The van der Waals surface area contributed by atoms with Crippen molar-refractivity contribution in [2.75, 3.05) is 0 Å². The summed E-state index contributed by atoms with van der Waals surface area (Å²) in [5.74, 6) is -2.21. The lowest BCUT2D eigenvalue weighted by Crippen LogP contribution is -2.54. The van der Waals surface area contributed by atoms with E-state index < -0.39 is 35.6 Å². The summed E-state index contributed by atoms with van der Waals surface area (Å²) in [7, 11) is 0. The molecule has 2 atom stereocenters. The van der Waals surface area contributed by atoms with Crippen molar-refractivity contribution < 1.29 is 18.8 Å². The Morgan fingerprint density at radius 1 is 1.00 bits per heavy atom. The maximum atomic E-state index is 13.9. The zero-order valence-corrected chi connectivity index (χ0v) is 15.9. The van der Waals surface area contributed by atoms with E-state index in [-0.39, 0.29) is 18.4 Å². The standard InChI is InChI=1S/C21H24FN3O3/c1-13-6-5-7-15(10-13)11-18(20(23)27)25-21(28)19(24-14(2)26)12-16-8-3-4-9-17(16)22/h3-10,18-19H,11-12H2,1-2H3,(H2,23,27)(H,24,26)(H,25,28)/t18-,19+/m0/s1. The number of amides is 3. The summed E-state index contributed by atoms with van der Waals surface area (Å²) in [5, 5.41) is 5.08. The lowest BCUT2D eigenvalue weighted by Gasteiger charge is -2.22. The normalized spacial score (nSPS) is 12.7. The van der Waals surface area contributed by atoms with Gasteiger partial charge in [0.25, 0.3) is 0 Å².